The van der Waals surface area contributed by atoms with Gasteiger partial charge < -0.3 is 10.1 Å². The molecule has 1 rings (SSSR count). The molecule has 3 N–H and O–H groups in total. The Labute approximate surface area is 114 Å². The van der Waals surface area contributed by atoms with Crippen LogP contribution in [0.1, 0.15) is 39.9 Å². The van der Waals surface area contributed by atoms with Crippen LogP contribution < -0.4 is 4.72 Å². The van der Waals surface area contributed by atoms with Crippen LogP contribution >= 0.6 is 0 Å². The van der Waals surface area contributed by atoms with Crippen LogP contribution in [0, 0.1) is 5.41 Å². The minimum absolute atomic E-state index is 0.0000810. The van der Waals surface area contributed by atoms with Crippen LogP contribution in [0.5, 0.6) is 0 Å². The highest BCUT2D eigenvalue weighted by molar-refractivity contribution is 7.89. The van der Waals surface area contributed by atoms with Crippen molar-refractivity contribution in [3.05, 3.63) is 12.0 Å². The monoisotopic (exact) mass is 289 g/mol. The fourth-order valence-electron chi connectivity index (χ4n) is 1.72. The molecular formula is C12H23N3O3S. The fraction of sp³-hybridized carbons (Fsp3) is 0.750. The average molecular weight is 289 g/mol. The maximum absolute atomic E-state index is 11.9. The first-order valence-electron chi connectivity index (χ1n) is 6.35. The van der Waals surface area contributed by atoms with E-state index in [9.17, 15) is 13.5 Å². The molecule has 0 amide bonds. The molecule has 0 aliphatic rings. The third-order valence-electron chi connectivity index (χ3n) is 2.59. The van der Waals surface area contributed by atoms with E-state index in [-0.39, 0.29) is 17.0 Å². The zero-order valence-corrected chi connectivity index (χ0v) is 12.7. The first-order chi connectivity index (χ1) is 8.64. The third-order valence-corrected chi connectivity index (χ3v) is 3.92. The van der Waals surface area contributed by atoms with E-state index in [0.29, 0.717) is 18.7 Å². The number of aryl methyl sites for hydroxylation is 1. The number of rotatable bonds is 6. The molecule has 110 valence electrons. The highest BCUT2D eigenvalue weighted by Crippen LogP contribution is 2.20. The van der Waals surface area contributed by atoms with Gasteiger partial charge in [0, 0.05) is 13.0 Å². The Morgan fingerprint density at radius 2 is 2.11 bits per heavy atom. The molecule has 0 aliphatic carbocycles. The summed E-state index contributed by atoms with van der Waals surface area (Å²) in [5, 5.41) is 9.83. The highest BCUT2D eigenvalue weighted by Gasteiger charge is 2.21. The number of imidazole rings is 1. The van der Waals surface area contributed by atoms with Gasteiger partial charge in [-0.15, -0.1) is 0 Å². The van der Waals surface area contributed by atoms with Crippen LogP contribution in [-0.4, -0.2) is 36.1 Å². The summed E-state index contributed by atoms with van der Waals surface area (Å²) in [4.78, 5) is 6.68. The van der Waals surface area contributed by atoms with E-state index in [1.807, 2.05) is 27.7 Å². The number of nitrogens with zero attached hydrogens (tertiary/aromatic N) is 1. The van der Waals surface area contributed by atoms with Gasteiger partial charge in [0.25, 0.3) is 10.0 Å². The van der Waals surface area contributed by atoms with Crippen molar-refractivity contribution in [2.75, 3.05) is 6.54 Å². The van der Waals surface area contributed by atoms with Crippen LogP contribution in [0.25, 0.3) is 0 Å². The Morgan fingerprint density at radius 3 is 2.58 bits per heavy atom. The zero-order chi connectivity index (χ0) is 14.7. The molecule has 1 heterocycles. The minimum Gasteiger partial charge on any atom is -0.392 e. The predicted octanol–water partition coefficient (Wildman–Crippen LogP) is 1.05. The van der Waals surface area contributed by atoms with Gasteiger partial charge in [-0.05, 0) is 11.8 Å². The van der Waals surface area contributed by atoms with Gasteiger partial charge in [0.1, 0.15) is 5.82 Å². The molecule has 0 spiro atoms. The summed E-state index contributed by atoms with van der Waals surface area (Å²) in [5.41, 5.74) is -0.0474. The molecule has 7 heteroatoms. The van der Waals surface area contributed by atoms with Gasteiger partial charge in [-0.25, -0.2) is 18.1 Å². The Bertz CT molecular complexity index is 503. The lowest BCUT2D eigenvalue weighted by atomic mass is 9.89. The van der Waals surface area contributed by atoms with Crippen molar-refractivity contribution in [3.63, 3.8) is 0 Å². The van der Waals surface area contributed by atoms with Gasteiger partial charge in [-0.1, -0.05) is 27.7 Å². The lowest BCUT2D eigenvalue weighted by Gasteiger charge is -2.22. The van der Waals surface area contributed by atoms with Crippen LogP contribution in [-0.2, 0) is 16.4 Å². The molecule has 0 aromatic carbocycles. The maximum atomic E-state index is 11.9. The lowest BCUT2D eigenvalue weighted by molar-refractivity contribution is 0.125. The van der Waals surface area contributed by atoms with Crippen molar-refractivity contribution < 1.29 is 13.5 Å². The van der Waals surface area contributed by atoms with Crippen molar-refractivity contribution in [1.29, 1.82) is 0 Å². The first-order valence-corrected chi connectivity index (χ1v) is 7.84. The molecule has 1 unspecified atom stereocenters. The van der Waals surface area contributed by atoms with Gasteiger partial charge in [0.15, 0.2) is 5.03 Å². The van der Waals surface area contributed by atoms with E-state index in [2.05, 4.69) is 14.7 Å². The van der Waals surface area contributed by atoms with Crippen molar-refractivity contribution in [2.24, 2.45) is 5.41 Å². The zero-order valence-electron chi connectivity index (χ0n) is 11.9. The average Bonchev–Trinajstić information content (AvgIpc) is 2.73. The molecular weight excluding hydrogens is 266 g/mol. The first kappa shape index (κ1) is 16.1. The molecule has 0 fully saturated rings. The molecule has 6 nitrogen and oxygen atoms in total. The number of H-pyrrole nitrogens is 1. The summed E-state index contributed by atoms with van der Waals surface area (Å²) < 4.78 is 26.3. The summed E-state index contributed by atoms with van der Waals surface area (Å²) in [6.07, 6.45) is 1.75. The van der Waals surface area contributed by atoms with E-state index in [0.717, 1.165) is 0 Å². The van der Waals surface area contributed by atoms with Gasteiger partial charge >= 0.3 is 0 Å². The number of sulfonamides is 1. The Morgan fingerprint density at radius 1 is 1.47 bits per heavy atom. The minimum atomic E-state index is -3.63. The van der Waals surface area contributed by atoms with Gasteiger partial charge in [0.05, 0.1) is 12.3 Å². The van der Waals surface area contributed by atoms with Gasteiger partial charge in [-0.3, -0.25) is 0 Å². The second kappa shape index (κ2) is 6.02. The van der Waals surface area contributed by atoms with Crippen molar-refractivity contribution in [1.82, 2.24) is 14.7 Å². The predicted molar refractivity (Wildman–Crippen MR) is 73.2 cm³/mol. The molecule has 0 aliphatic heterocycles. The smallest absolute Gasteiger partial charge is 0.257 e. The van der Waals surface area contributed by atoms with E-state index in [1.165, 1.54) is 6.20 Å². The van der Waals surface area contributed by atoms with Crippen LogP contribution in [0.3, 0.4) is 0 Å². The normalized spacial score (nSPS) is 14.6. The molecule has 1 atom stereocenters. The second-order valence-electron chi connectivity index (χ2n) is 5.82. The Hall–Kier alpha value is -0.920. The van der Waals surface area contributed by atoms with Crippen molar-refractivity contribution in [3.8, 4) is 0 Å². The number of nitrogens with one attached hydrogen (secondary N) is 2. The molecule has 0 saturated heterocycles. The number of aromatic amines is 1. The SMILES string of the molecule is CCc1ncc(S(=O)(=O)NCC(O)CC(C)(C)C)[nH]1. The standard InChI is InChI=1S/C12H23N3O3S/c1-5-10-13-8-11(15-10)19(17,18)14-7-9(16)6-12(2,3)4/h8-9,14,16H,5-7H2,1-4H3,(H,13,15). The summed E-state index contributed by atoms with van der Waals surface area (Å²) in [6, 6.07) is 0. The summed E-state index contributed by atoms with van der Waals surface area (Å²) in [7, 11) is -3.63. The molecule has 1 aromatic rings. The van der Waals surface area contributed by atoms with Gasteiger partial charge in [-0.2, -0.15) is 0 Å². The van der Waals surface area contributed by atoms with E-state index in [1.54, 1.807) is 0 Å². The maximum Gasteiger partial charge on any atom is 0.257 e. The summed E-state index contributed by atoms with van der Waals surface area (Å²) in [6.45, 7) is 7.86. The number of aliphatic hydroxyl groups excluding tert-OH is 1. The molecule has 0 saturated carbocycles. The number of aromatic nitrogens is 2. The van der Waals surface area contributed by atoms with Crippen LogP contribution in [0.2, 0.25) is 0 Å². The van der Waals surface area contributed by atoms with E-state index >= 15 is 0 Å². The molecule has 0 radical (unpaired) electrons. The quantitative estimate of drug-likeness (QED) is 0.729. The largest absolute Gasteiger partial charge is 0.392 e. The molecule has 19 heavy (non-hydrogen) atoms. The van der Waals surface area contributed by atoms with E-state index < -0.39 is 16.1 Å². The van der Waals surface area contributed by atoms with E-state index in [4.69, 9.17) is 0 Å². The number of hydrogen-bond acceptors (Lipinski definition) is 4. The van der Waals surface area contributed by atoms with Crippen molar-refractivity contribution in [2.45, 2.75) is 51.7 Å². The summed E-state index contributed by atoms with van der Waals surface area (Å²) >= 11 is 0. The van der Waals surface area contributed by atoms with Gasteiger partial charge in [0.2, 0.25) is 0 Å². The number of aliphatic hydroxyl groups is 1. The molecule has 1 aromatic heterocycles. The molecule has 0 bridgehead atoms. The fourth-order valence-corrected chi connectivity index (χ4v) is 2.73. The lowest BCUT2D eigenvalue weighted by Crippen LogP contribution is -2.34. The Balaban J connectivity index is 2.61. The van der Waals surface area contributed by atoms with Crippen LogP contribution in [0.4, 0.5) is 0 Å². The highest BCUT2D eigenvalue weighted by atomic mass is 32.2. The third kappa shape index (κ3) is 5.30. The summed E-state index contributed by atoms with van der Waals surface area (Å²) in [5.74, 6) is 0.621. The van der Waals surface area contributed by atoms with Crippen LogP contribution in [0.15, 0.2) is 11.2 Å². The second-order valence-corrected chi connectivity index (χ2v) is 7.55. The van der Waals surface area contributed by atoms with Crippen molar-refractivity contribution >= 4 is 10.0 Å². The Kier molecular flexibility index (Phi) is 5.11. The number of hydrogen-bond donors (Lipinski definition) is 3. The topological polar surface area (TPSA) is 95.1 Å².